The number of benzene rings is 2. The molecule has 33 heavy (non-hydrogen) atoms. The number of fused-ring (bicyclic) bond motifs is 1. The van der Waals surface area contributed by atoms with E-state index in [9.17, 15) is 22.8 Å². The monoisotopic (exact) mass is 474 g/mol. The average molecular weight is 475 g/mol. The van der Waals surface area contributed by atoms with Crippen molar-refractivity contribution in [2.75, 3.05) is 0 Å². The van der Waals surface area contributed by atoms with Crippen LogP contribution in [0.15, 0.2) is 60.7 Å². The molecule has 2 aromatic carbocycles. The largest absolute Gasteiger partial charge is 0.450 e. The molecular weight excluding hydrogens is 445 g/mol. The van der Waals surface area contributed by atoms with Gasteiger partial charge in [-0.1, -0.05) is 81.4 Å². The fourth-order valence-corrected chi connectivity index (χ4v) is 10.4. The van der Waals surface area contributed by atoms with Crippen molar-refractivity contribution in [2.24, 2.45) is 17.8 Å². The second-order valence-electron chi connectivity index (χ2n) is 10.3. The van der Waals surface area contributed by atoms with Gasteiger partial charge in [0.2, 0.25) is 5.78 Å². The highest BCUT2D eigenvalue weighted by Gasteiger charge is 2.62. The lowest BCUT2D eigenvalue weighted by molar-refractivity contribution is -0.172. The van der Waals surface area contributed by atoms with E-state index >= 15 is 0 Å². The van der Waals surface area contributed by atoms with Crippen LogP contribution in [0, 0.1) is 17.8 Å². The van der Waals surface area contributed by atoms with Crippen LogP contribution in [0.5, 0.6) is 0 Å². The Bertz CT molecular complexity index is 963. The van der Waals surface area contributed by atoms with Gasteiger partial charge in [-0.05, 0) is 40.1 Å². The topological polar surface area (TPSA) is 43.4 Å². The van der Waals surface area contributed by atoms with Crippen LogP contribution >= 0.6 is 0 Å². The maximum absolute atomic E-state index is 12.5. The molecule has 0 amide bonds. The predicted octanol–water partition coefficient (Wildman–Crippen LogP) is 4.68. The minimum absolute atomic E-state index is 0.0155. The van der Waals surface area contributed by atoms with Crippen LogP contribution < -0.4 is 10.4 Å². The number of carbonyl (C=O) groups is 2. The summed E-state index contributed by atoms with van der Waals surface area (Å²) < 4.78 is 44.7. The number of carbonyl (C=O) groups excluding carboxylic acids is 2. The summed E-state index contributed by atoms with van der Waals surface area (Å²) in [5, 5.41) is 2.18. The van der Waals surface area contributed by atoms with Crippen molar-refractivity contribution in [2.45, 2.75) is 57.4 Å². The molecule has 0 aliphatic heterocycles. The van der Waals surface area contributed by atoms with Gasteiger partial charge in [0.15, 0.2) is 0 Å². The lowest BCUT2D eigenvalue weighted by Gasteiger charge is -2.45. The molecule has 2 aliphatic carbocycles. The average Bonchev–Trinajstić information content (AvgIpc) is 3.27. The van der Waals surface area contributed by atoms with Gasteiger partial charge in [-0.25, -0.2) is 0 Å². The molecule has 0 aromatic heterocycles. The number of halogens is 3. The summed E-state index contributed by atoms with van der Waals surface area (Å²) in [6.45, 7) is 6.60. The van der Waals surface area contributed by atoms with E-state index in [0.29, 0.717) is 12.8 Å². The molecule has 2 unspecified atom stereocenters. The summed E-state index contributed by atoms with van der Waals surface area (Å²) in [6, 6.07) is 20.5. The molecule has 4 atom stereocenters. The van der Waals surface area contributed by atoms with Gasteiger partial charge in [-0.15, -0.1) is 0 Å². The predicted molar refractivity (Wildman–Crippen MR) is 123 cm³/mol. The maximum Gasteiger partial charge on any atom is 0.450 e. The van der Waals surface area contributed by atoms with Crippen LogP contribution in [-0.4, -0.2) is 32.2 Å². The molecule has 0 radical (unpaired) electrons. The molecule has 0 heterocycles. The Morgan fingerprint density at radius 3 is 1.73 bits per heavy atom. The molecule has 2 aromatic rings. The van der Waals surface area contributed by atoms with Crippen LogP contribution in [0.3, 0.4) is 0 Å². The van der Waals surface area contributed by atoms with Gasteiger partial charge in [0.25, 0.3) is 8.32 Å². The highest BCUT2D eigenvalue weighted by Crippen LogP contribution is 2.59. The molecule has 0 N–H and O–H groups in total. The van der Waals surface area contributed by atoms with Crippen LogP contribution in [-0.2, 0) is 14.0 Å². The second-order valence-corrected chi connectivity index (χ2v) is 14.5. The van der Waals surface area contributed by atoms with Crippen LogP contribution in [0.1, 0.15) is 40.0 Å². The Hall–Kier alpha value is -2.25. The SMILES string of the molecule is CC(C)(C)[Si](OC1C[C@@H]2C(C(=O)CC(=O)C(F)(F)F)[C@@H]2C1)(c1ccccc1)c1ccccc1. The summed E-state index contributed by atoms with van der Waals surface area (Å²) in [7, 11) is -2.71. The normalized spacial score (nSPS) is 24.9. The van der Waals surface area contributed by atoms with Crippen molar-refractivity contribution in [3.8, 4) is 0 Å². The van der Waals surface area contributed by atoms with Crippen molar-refractivity contribution in [3.05, 3.63) is 60.7 Å². The van der Waals surface area contributed by atoms with E-state index in [2.05, 4.69) is 45.0 Å². The van der Waals surface area contributed by atoms with E-state index in [-0.39, 0.29) is 23.0 Å². The van der Waals surface area contributed by atoms with Gasteiger partial charge in [-0.3, -0.25) is 9.59 Å². The van der Waals surface area contributed by atoms with Crippen molar-refractivity contribution in [3.63, 3.8) is 0 Å². The molecule has 0 spiro atoms. The zero-order valence-electron chi connectivity index (χ0n) is 19.1. The van der Waals surface area contributed by atoms with Crippen molar-refractivity contribution >= 4 is 30.3 Å². The van der Waals surface area contributed by atoms with Crippen molar-refractivity contribution < 1.29 is 27.2 Å². The third-order valence-corrected chi connectivity index (χ3v) is 12.3. The fraction of sp³-hybridized carbons (Fsp3) is 0.462. The van der Waals surface area contributed by atoms with Gasteiger partial charge >= 0.3 is 6.18 Å². The number of hydrogen-bond donors (Lipinski definition) is 0. The fourth-order valence-electron chi connectivity index (χ4n) is 5.68. The molecule has 2 fully saturated rings. The number of Topliss-reactive ketones (excluding diaryl/α,β-unsaturated/α-hetero) is 2. The van der Waals surface area contributed by atoms with Gasteiger partial charge < -0.3 is 4.43 Å². The highest BCUT2D eigenvalue weighted by atomic mass is 28.4. The Kier molecular flexibility index (Phi) is 6.16. The molecule has 0 saturated heterocycles. The first-order valence-electron chi connectivity index (χ1n) is 11.4. The Morgan fingerprint density at radius 1 is 0.879 bits per heavy atom. The van der Waals surface area contributed by atoms with Crippen LogP contribution in [0.2, 0.25) is 5.04 Å². The number of ketones is 2. The van der Waals surface area contributed by atoms with Gasteiger partial charge in [0.1, 0.15) is 5.78 Å². The molecule has 176 valence electrons. The molecule has 3 nitrogen and oxygen atoms in total. The minimum Gasteiger partial charge on any atom is -0.404 e. The molecule has 0 bridgehead atoms. The first-order chi connectivity index (χ1) is 15.4. The number of rotatable bonds is 7. The smallest absolute Gasteiger partial charge is 0.404 e. The lowest BCUT2D eigenvalue weighted by Crippen LogP contribution is -2.67. The Morgan fingerprint density at radius 2 is 1.33 bits per heavy atom. The van der Waals surface area contributed by atoms with Gasteiger partial charge in [0.05, 0.1) is 6.42 Å². The molecular formula is C26H29F3O3Si. The standard InChI is InChI=1S/C26H29F3O3Si/c1-25(2,3)33(18-10-6-4-7-11-18,19-12-8-5-9-13-19)32-17-14-20-21(15-17)24(20)22(30)16-23(31)26(27,28)29/h4-13,17,20-21,24H,14-16H2,1-3H3/t17?,20-,21+,24?. The summed E-state index contributed by atoms with van der Waals surface area (Å²) in [5.41, 5.74) is 0. The molecule has 2 saturated carbocycles. The summed E-state index contributed by atoms with van der Waals surface area (Å²) in [5.74, 6) is -2.92. The van der Waals surface area contributed by atoms with E-state index in [0.717, 1.165) is 0 Å². The van der Waals surface area contributed by atoms with E-state index < -0.39 is 38.4 Å². The Labute approximate surface area is 193 Å². The summed E-state index contributed by atoms with van der Waals surface area (Å²) in [4.78, 5) is 23.6. The minimum atomic E-state index is -4.95. The second kappa shape index (κ2) is 8.51. The molecule has 7 heteroatoms. The van der Waals surface area contributed by atoms with E-state index in [1.165, 1.54) is 10.4 Å². The first-order valence-corrected chi connectivity index (χ1v) is 13.3. The van der Waals surface area contributed by atoms with Crippen LogP contribution in [0.25, 0.3) is 0 Å². The number of alkyl halides is 3. The lowest BCUT2D eigenvalue weighted by atomic mass is 10.0. The maximum atomic E-state index is 12.5. The third-order valence-electron chi connectivity index (χ3n) is 7.18. The highest BCUT2D eigenvalue weighted by molar-refractivity contribution is 6.99. The van der Waals surface area contributed by atoms with Gasteiger partial charge in [-0.2, -0.15) is 13.2 Å². The van der Waals surface area contributed by atoms with Crippen LogP contribution in [0.4, 0.5) is 13.2 Å². The Balaban J connectivity index is 1.55. The quantitative estimate of drug-likeness (QED) is 0.432. The third kappa shape index (κ3) is 4.45. The zero-order valence-corrected chi connectivity index (χ0v) is 20.1. The van der Waals surface area contributed by atoms with Crippen molar-refractivity contribution in [1.29, 1.82) is 0 Å². The first kappa shape index (κ1) is 23.9. The van der Waals surface area contributed by atoms with Gasteiger partial charge in [0, 0.05) is 12.0 Å². The number of hydrogen-bond acceptors (Lipinski definition) is 3. The molecule has 2 aliphatic rings. The summed E-state index contributed by atoms with van der Waals surface area (Å²) >= 11 is 0. The van der Waals surface area contributed by atoms with E-state index in [4.69, 9.17) is 4.43 Å². The molecule has 4 rings (SSSR count). The summed E-state index contributed by atoms with van der Waals surface area (Å²) in [6.07, 6.45) is -4.76. The van der Waals surface area contributed by atoms with E-state index in [1.807, 2.05) is 36.4 Å². The zero-order chi connectivity index (χ0) is 24.0. The van der Waals surface area contributed by atoms with Crippen molar-refractivity contribution in [1.82, 2.24) is 0 Å². The van der Waals surface area contributed by atoms with E-state index in [1.54, 1.807) is 0 Å².